The molecule has 4 heteroatoms. The Labute approximate surface area is 115 Å². The number of hydrogen-bond donors (Lipinski definition) is 1. The highest BCUT2D eigenvalue weighted by molar-refractivity contribution is 5.84. The summed E-state index contributed by atoms with van der Waals surface area (Å²) in [6.07, 6.45) is 2.40. The maximum Gasteiger partial charge on any atom is 0.192 e. The molecule has 0 spiro atoms. The van der Waals surface area contributed by atoms with Crippen molar-refractivity contribution in [3.8, 4) is 11.8 Å². The monoisotopic (exact) mass is 262 g/mol. The quantitative estimate of drug-likeness (QED) is 0.662. The number of aromatic amines is 1. The van der Waals surface area contributed by atoms with Gasteiger partial charge in [0.2, 0.25) is 0 Å². The zero-order chi connectivity index (χ0) is 14.5. The second kappa shape index (κ2) is 6.03. The molecule has 1 aromatic heterocycles. The minimum atomic E-state index is -0.279. The van der Waals surface area contributed by atoms with Crippen LogP contribution in [0, 0.1) is 17.3 Å². The molecule has 1 aromatic rings. The van der Waals surface area contributed by atoms with E-state index in [2.05, 4.69) is 22.0 Å². The van der Waals surface area contributed by atoms with Crippen LogP contribution in [0.5, 0.6) is 0 Å². The highest BCUT2D eigenvalue weighted by Gasteiger charge is 2.28. The number of carbonyl (C=O) groups excluding carboxylic acids is 1. The molecule has 0 aromatic carbocycles. The topological polar surface area (TPSA) is 45.8 Å². The molecule has 0 saturated heterocycles. The minimum Gasteiger partial charge on any atom is -0.312 e. The third-order valence-electron chi connectivity index (χ3n) is 2.88. The van der Waals surface area contributed by atoms with E-state index < -0.39 is 0 Å². The Kier molecular flexibility index (Phi) is 4.90. The van der Waals surface area contributed by atoms with Crippen LogP contribution in [0.15, 0.2) is 12.3 Å². The summed E-state index contributed by atoms with van der Waals surface area (Å²) >= 11 is 0. The van der Waals surface area contributed by atoms with Crippen LogP contribution in [-0.2, 0) is 11.2 Å². The van der Waals surface area contributed by atoms with E-state index in [9.17, 15) is 4.79 Å². The zero-order valence-electron chi connectivity index (χ0n) is 12.6. The van der Waals surface area contributed by atoms with E-state index in [4.69, 9.17) is 0 Å². The molecule has 0 aliphatic rings. The number of quaternary nitrogens is 1. The molecular weight excluding hydrogens is 238 g/mol. The smallest absolute Gasteiger partial charge is 0.192 e. The van der Waals surface area contributed by atoms with Crippen LogP contribution in [0.1, 0.15) is 26.5 Å². The molecule has 0 bridgehead atoms. The number of hydrogen-bond acceptors (Lipinski definition) is 2. The largest absolute Gasteiger partial charge is 0.312 e. The third kappa shape index (κ3) is 5.71. The second-order valence-electron chi connectivity index (χ2n) is 6.54. The minimum absolute atomic E-state index is 0.271. The summed E-state index contributed by atoms with van der Waals surface area (Å²) in [5, 5.41) is 6.75. The molecule has 0 atom stereocenters. The van der Waals surface area contributed by atoms with Crippen molar-refractivity contribution in [3.05, 3.63) is 18.0 Å². The average molecular weight is 262 g/mol. The van der Waals surface area contributed by atoms with Crippen molar-refractivity contribution in [1.82, 2.24) is 10.2 Å². The van der Waals surface area contributed by atoms with E-state index >= 15 is 0 Å². The van der Waals surface area contributed by atoms with E-state index in [1.165, 1.54) is 0 Å². The highest BCUT2D eigenvalue weighted by Crippen LogP contribution is 2.16. The predicted octanol–water partition coefficient (Wildman–Crippen LogP) is 1.65. The Balaban J connectivity index is 2.47. The van der Waals surface area contributed by atoms with Crippen LogP contribution in [0.25, 0.3) is 0 Å². The number of aromatic nitrogens is 2. The van der Waals surface area contributed by atoms with Gasteiger partial charge in [0.1, 0.15) is 13.1 Å². The van der Waals surface area contributed by atoms with Crippen LogP contribution in [0.2, 0.25) is 0 Å². The molecule has 1 N–H and O–H groups in total. The lowest BCUT2D eigenvalue weighted by Gasteiger charge is -2.29. The highest BCUT2D eigenvalue weighted by atomic mass is 16.1. The van der Waals surface area contributed by atoms with Gasteiger partial charge in [-0.3, -0.25) is 9.89 Å². The summed E-state index contributed by atoms with van der Waals surface area (Å²) in [5.41, 5.74) is 0.738. The van der Waals surface area contributed by atoms with E-state index in [0.29, 0.717) is 24.0 Å². The molecule has 0 radical (unpaired) electrons. The average Bonchev–Trinajstić information content (AvgIpc) is 2.75. The first kappa shape index (κ1) is 15.5. The molecule has 0 unspecified atom stereocenters. The van der Waals surface area contributed by atoms with Gasteiger partial charge in [0, 0.05) is 17.3 Å². The van der Waals surface area contributed by atoms with E-state index in [1.54, 1.807) is 6.20 Å². The van der Waals surface area contributed by atoms with Crippen molar-refractivity contribution >= 4 is 5.78 Å². The molecule has 0 aliphatic carbocycles. The fourth-order valence-electron chi connectivity index (χ4n) is 1.49. The summed E-state index contributed by atoms with van der Waals surface area (Å²) in [7, 11) is 4.07. The van der Waals surface area contributed by atoms with Gasteiger partial charge >= 0.3 is 0 Å². The van der Waals surface area contributed by atoms with Gasteiger partial charge in [0.15, 0.2) is 5.78 Å². The Morgan fingerprint density at radius 2 is 2.05 bits per heavy atom. The first-order valence-corrected chi connectivity index (χ1v) is 6.50. The molecule has 0 aliphatic heterocycles. The number of nitrogens with one attached hydrogen (secondary N) is 1. The molecule has 0 saturated carbocycles. The summed E-state index contributed by atoms with van der Waals surface area (Å²) in [4.78, 5) is 12.0. The standard InChI is InChI=1S/C15H24N3O/c1-15(2,3)14(19)12-18(4,5)11-7-6-8-13-9-10-16-17-13/h9-10H,8,11-12H2,1-5H3,(H,16,17)/q+1. The Hall–Kier alpha value is -1.60. The van der Waals surface area contributed by atoms with Gasteiger partial charge in [-0.05, 0) is 12.0 Å². The summed E-state index contributed by atoms with van der Waals surface area (Å²) in [5.74, 6) is 6.52. The van der Waals surface area contributed by atoms with E-state index in [1.807, 2.05) is 40.9 Å². The number of H-pyrrole nitrogens is 1. The van der Waals surface area contributed by atoms with Gasteiger partial charge in [-0.2, -0.15) is 5.10 Å². The molecule has 1 heterocycles. The van der Waals surface area contributed by atoms with E-state index in [-0.39, 0.29) is 11.2 Å². The zero-order valence-corrected chi connectivity index (χ0v) is 12.6. The second-order valence-corrected chi connectivity index (χ2v) is 6.54. The Bertz CT molecular complexity index is 470. The fraction of sp³-hybridized carbons (Fsp3) is 0.600. The van der Waals surface area contributed by atoms with Gasteiger partial charge in [-0.15, -0.1) is 0 Å². The molecule has 0 amide bonds. The summed E-state index contributed by atoms with van der Waals surface area (Å²) in [6.45, 7) is 7.07. The molecule has 19 heavy (non-hydrogen) atoms. The third-order valence-corrected chi connectivity index (χ3v) is 2.88. The van der Waals surface area contributed by atoms with Crippen LogP contribution in [0.4, 0.5) is 0 Å². The molecular formula is C15H24N3O+. The van der Waals surface area contributed by atoms with Gasteiger partial charge < -0.3 is 4.48 Å². The lowest BCUT2D eigenvalue weighted by molar-refractivity contribution is -0.875. The first-order valence-electron chi connectivity index (χ1n) is 6.50. The Morgan fingerprint density at radius 1 is 1.37 bits per heavy atom. The van der Waals surface area contributed by atoms with Crippen LogP contribution >= 0.6 is 0 Å². The number of carbonyl (C=O) groups is 1. The number of likely N-dealkylation sites (N-methyl/N-ethyl adjacent to an activating group) is 1. The lowest BCUT2D eigenvalue weighted by atomic mass is 9.90. The van der Waals surface area contributed by atoms with Gasteiger partial charge in [0.05, 0.1) is 20.5 Å². The summed E-state index contributed by atoms with van der Waals surface area (Å²) in [6, 6.07) is 1.91. The van der Waals surface area contributed by atoms with Crippen molar-refractivity contribution in [2.24, 2.45) is 5.41 Å². The van der Waals surface area contributed by atoms with Crippen molar-refractivity contribution < 1.29 is 9.28 Å². The van der Waals surface area contributed by atoms with Gasteiger partial charge in [-0.25, -0.2) is 0 Å². The number of ketones is 1. The number of nitrogens with zero attached hydrogens (tertiary/aromatic N) is 2. The van der Waals surface area contributed by atoms with Gasteiger partial charge in [0.25, 0.3) is 0 Å². The van der Waals surface area contributed by atoms with Gasteiger partial charge in [-0.1, -0.05) is 26.7 Å². The van der Waals surface area contributed by atoms with Crippen molar-refractivity contribution in [3.63, 3.8) is 0 Å². The maximum atomic E-state index is 12.0. The van der Waals surface area contributed by atoms with Crippen molar-refractivity contribution in [2.45, 2.75) is 27.2 Å². The SMILES string of the molecule is CC(C)(C)C(=O)C[N+](C)(C)CC#CCc1ccn[nH]1. The molecule has 0 fully saturated rings. The van der Waals surface area contributed by atoms with E-state index in [0.717, 1.165) is 5.69 Å². The predicted molar refractivity (Wildman–Crippen MR) is 76.4 cm³/mol. The molecule has 4 nitrogen and oxygen atoms in total. The summed E-state index contributed by atoms with van der Waals surface area (Å²) < 4.78 is 0.603. The lowest BCUT2D eigenvalue weighted by Crippen LogP contribution is -2.46. The fourth-order valence-corrected chi connectivity index (χ4v) is 1.49. The normalized spacial score (nSPS) is 11.8. The van der Waals surface area contributed by atoms with Crippen molar-refractivity contribution in [2.75, 3.05) is 27.2 Å². The maximum absolute atomic E-state index is 12.0. The number of rotatable bonds is 4. The molecule has 104 valence electrons. The molecule has 1 rings (SSSR count). The first-order chi connectivity index (χ1) is 8.71. The Morgan fingerprint density at radius 3 is 2.58 bits per heavy atom. The van der Waals surface area contributed by atoms with Crippen molar-refractivity contribution in [1.29, 1.82) is 0 Å². The number of Topliss-reactive ketones (excluding diaryl/α,β-unsaturated/α-hetero) is 1. The van der Waals surface area contributed by atoms with Crippen LogP contribution in [-0.4, -0.2) is 47.6 Å². The van der Waals surface area contributed by atoms with Crippen LogP contribution in [0.3, 0.4) is 0 Å². The van der Waals surface area contributed by atoms with Crippen LogP contribution < -0.4 is 0 Å².